The Bertz CT molecular complexity index is 116. The predicted molar refractivity (Wildman–Crippen MR) is 46.7 cm³/mol. The third-order valence-electron chi connectivity index (χ3n) is 2.37. The van der Waals surface area contributed by atoms with Crippen LogP contribution in [0.15, 0.2) is 0 Å². The summed E-state index contributed by atoms with van der Waals surface area (Å²) in [6, 6.07) is 0.580. The molecule has 0 amide bonds. The molecule has 3 atom stereocenters. The van der Waals surface area contributed by atoms with Crippen molar-refractivity contribution in [3.05, 3.63) is 0 Å². The maximum Gasteiger partial charge on any atom is 0.0729 e. The molecule has 3 unspecified atom stereocenters. The Hall–Kier alpha value is -0.0800. The Kier molecular flexibility index (Phi) is 3.34. The van der Waals surface area contributed by atoms with Crippen LogP contribution in [-0.2, 0) is 4.74 Å². The van der Waals surface area contributed by atoms with Gasteiger partial charge in [0, 0.05) is 12.6 Å². The Labute approximate surface area is 69.3 Å². The summed E-state index contributed by atoms with van der Waals surface area (Å²) >= 11 is 0. The van der Waals surface area contributed by atoms with E-state index in [0.717, 1.165) is 13.0 Å². The van der Waals surface area contributed by atoms with Crippen molar-refractivity contribution < 1.29 is 4.74 Å². The molecular weight excluding hydrogens is 138 g/mol. The molecular formula is C9H19NO. The Morgan fingerprint density at radius 1 is 1.36 bits per heavy atom. The highest BCUT2D eigenvalue weighted by Crippen LogP contribution is 2.14. The highest BCUT2D eigenvalue weighted by molar-refractivity contribution is 4.81. The molecule has 1 N–H and O–H groups in total. The average molecular weight is 157 g/mol. The van der Waals surface area contributed by atoms with Crippen LogP contribution < -0.4 is 5.32 Å². The lowest BCUT2D eigenvalue weighted by Gasteiger charge is -2.35. The van der Waals surface area contributed by atoms with Crippen molar-refractivity contribution in [2.75, 3.05) is 6.54 Å². The number of ether oxygens (including phenoxy) is 1. The number of hydrogen-bond acceptors (Lipinski definition) is 2. The molecule has 0 radical (unpaired) electrons. The third-order valence-corrected chi connectivity index (χ3v) is 2.37. The maximum atomic E-state index is 5.78. The van der Waals surface area contributed by atoms with Crippen molar-refractivity contribution in [1.82, 2.24) is 5.32 Å². The zero-order valence-corrected chi connectivity index (χ0v) is 7.76. The van der Waals surface area contributed by atoms with Crippen molar-refractivity contribution in [2.45, 2.75) is 51.9 Å². The normalized spacial score (nSPS) is 39.0. The molecule has 1 aliphatic heterocycles. The van der Waals surface area contributed by atoms with E-state index < -0.39 is 0 Å². The van der Waals surface area contributed by atoms with E-state index in [-0.39, 0.29) is 0 Å². The van der Waals surface area contributed by atoms with Crippen molar-refractivity contribution in [1.29, 1.82) is 0 Å². The molecule has 0 aliphatic carbocycles. The second kappa shape index (κ2) is 4.07. The van der Waals surface area contributed by atoms with Gasteiger partial charge in [0.2, 0.25) is 0 Å². The van der Waals surface area contributed by atoms with Gasteiger partial charge < -0.3 is 10.1 Å². The van der Waals surface area contributed by atoms with E-state index in [1.807, 2.05) is 0 Å². The number of nitrogens with one attached hydrogen (secondary N) is 1. The second-order valence-electron chi connectivity index (χ2n) is 3.32. The predicted octanol–water partition coefficient (Wildman–Crippen LogP) is 1.55. The van der Waals surface area contributed by atoms with Crippen LogP contribution in [0.1, 0.15) is 33.6 Å². The molecule has 0 aromatic heterocycles. The molecule has 1 fully saturated rings. The summed E-state index contributed by atoms with van der Waals surface area (Å²) < 4.78 is 5.78. The van der Waals surface area contributed by atoms with Crippen molar-refractivity contribution in [3.8, 4) is 0 Å². The van der Waals surface area contributed by atoms with E-state index in [1.165, 1.54) is 6.42 Å². The first-order valence-electron chi connectivity index (χ1n) is 4.66. The fourth-order valence-electron chi connectivity index (χ4n) is 1.68. The first-order chi connectivity index (χ1) is 5.27. The Balaban J connectivity index is 2.41. The van der Waals surface area contributed by atoms with Crippen LogP contribution in [0.2, 0.25) is 0 Å². The minimum atomic E-state index is 0.391. The van der Waals surface area contributed by atoms with Gasteiger partial charge in [0.1, 0.15) is 0 Å². The van der Waals surface area contributed by atoms with Crippen molar-refractivity contribution in [2.24, 2.45) is 0 Å². The van der Waals surface area contributed by atoms with Crippen molar-refractivity contribution >= 4 is 0 Å². The summed E-state index contributed by atoms with van der Waals surface area (Å²) in [5.74, 6) is 0. The molecule has 0 bridgehead atoms. The minimum Gasteiger partial charge on any atom is -0.372 e. The fraction of sp³-hybridized carbons (Fsp3) is 1.00. The summed E-state index contributed by atoms with van der Waals surface area (Å²) in [5, 5.41) is 3.49. The summed E-state index contributed by atoms with van der Waals surface area (Å²) in [7, 11) is 0. The smallest absolute Gasteiger partial charge is 0.0729 e. The summed E-state index contributed by atoms with van der Waals surface area (Å²) in [6.07, 6.45) is 3.12. The van der Waals surface area contributed by atoms with E-state index in [0.29, 0.717) is 18.2 Å². The fourth-order valence-corrected chi connectivity index (χ4v) is 1.68. The molecule has 0 saturated carbocycles. The van der Waals surface area contributed by atoms with Crippen LogP contribution in [-0.4, -0.2) is 24.8 Å². The Morgan fingerprint density at radius 3 is 2.64 bits per heavy atom. The monoisotopic (exact) mass is 157 g/mol. The molecule has 1 aliphatic rings. The van der Waals surface area contributed by atoms with Crippen LogP contribution in [0.5, 0.6) is 0 Å². The zero-order chi connectivity index (χ0) is 8.27. The van der Waals surface area contributed by atoms with Crippen molar-refractivity contribution in [3.63, 3.8) is 0 Å². The zero-order valence-electron chi connectivity index (χ0n) is 7.76. The Morgan fingerprint density at radius 2 is 2.09 bits per heavy atom. The SMILES string of the molecule is CCC1NCC(C)OC1CC. The molecule has 0 aromatic carbocycles. The topological polar surface area (TPSA) is 21.3 Å². The summed E-state index contributed by atoms with van der Waals surface area (Å²) in [6.45, 7) is 7.53. The molecule has 11 heavy (non-hydrogen) atoms. The first kappa shape index (κ1) is 9.01. The van der Waals surface area contributed by atoms with Crippen LogP contribution >= 0.6 is 0 Å². The van der Waals surface area contributed by atoms with Gasteiger partial charge in [-0.25, -0.2) is 0 Å². The average Bonchev–Trinajstić information content (AvgIpc) is 2.04. The van der Waals surface area contributed by atoms with Gasteiger partial charge in [-0.2, -0.15) is 0 Å². The molecule has 66 valence electrons. The lowest BCUT2D eigenvalue weighted by atomic mass is 10.0. The van der Waals surface area contributed by atoms with Gasteiger partial charge in [-0.05, 0) is 19.8 Å². The third kappa shape index (κ3) is 2.17. The second-order valence-corrected chi connectivity index (χ2v) is 3.32. The summed E-state index contributed by atoms with van der Waals surface area (Å²) in [4.78, 5) is 0. The number of morpholine rings is 1. The molecule has 0 aromatic rings. The van der Waals surface area contributed by atoms with Gasteiger partial charge in [-0.15, -0.1) is 0 Å². The first-order valence-corrected chi connectivity index (χ1v) is 4.66. The van der Waals surface area contributed by atoms with E-state index >= 15 is 0 Å². The standard InChI is InChI=1S/C9H19NO/c1-4-8-9(5-2)11-7(3)6-10-8/h7-10H,4-6H2,1-3H3. The van der Waals surface area contributed by atoms with E-state index in [2.05, 4.69) is 26.1 Å². The molecule has 0 spiro atoms. The molecule has 1 saturated heterocycles. The lowest BCUT2D eigenvalue weighted by Crippen LogP contribution is -2.51. The maximum absolute atomic E-state index is 5.78. The summed E-state index contributed by atoms with van der Waals surface area (Å²) in [5.41, 5.74) is 0. The highest BCUT2D eigenvalue weighted by Gasteiger charge is 2.25. The van der Waals surface area contributed by atoms with Crippen LogP contribution in [0.25, 0.3) is 0 Å². The van der Waals surface area contributed by atoms with Crippen LogP contribution in [0.4, 0.5) is 0 Å². The van der Waals surface area contributed by atoms with Gasteiger partial charge in [0.25, 0.3) is 0 Å². The molecule has 1 rings (SSSR count). The van der Waals surface area contributed by atoms with Crippen LogP contribution in [0, 0.1) is 0 Å². The van der Waals surface area contributed by atoms with Gasteiger partial charge in [0.15, 0.2) is 0 Å². The van der Waals surface area contributed by atoms with Gasteiger partial charge in [-0.1, -0.05) is 13.8 Å². The largest absolute Gasteiger partial charge is 0.372 e. The van der Waals surface area contributed by atoms with Gasteiger partial charge in [0.05, 0.1) is 12.2 Å². The van der Waals surface area contributed by atoms with E-state index in [1.54, 1.807) is 0 Å². The van der Waals surface area contributed by atoms with Crippen LogP contribution in [0.3, 0.4) is 0 Å². The van der Waals surface area contributed by atoms with Gasteiger partial charge in [-0.3, -0.25) is 0 Å². The quantitative estimate of drug-likeness (QED) is 0.656. The van der Waals surface area contributed by atoms with Gasteiger partial charge >= 0.3 is 0 Å². The molecule has 2 heteroatoms. The van der Waals surface area contributed by atoms with E-state index in [4.69, 9.17) is 4.74 Å². The number of rotatable bonds is 2. The molecule has 2 nitrogen and oxygen atoms in total. The number of hydrogen-bond donors (Lipinski definition) is 1. The minimum absolute atomic E-state index is 0.391. The molecule has 1 heterocycles. The van der Waals surface area contributed by atoms with E-state index in [9.17, 15) is 0 Å². The highest BCUT2D eigenvalue weighted by atomic mass is 16.5. The lowest BCUT2D eigenvalue weighted by molar-refractivity contribution is -0.0559.